The maximum absolute atomic E-state index is 12.8. The highest BCUT2D eigenvalue weighted by Gasteiger charge is 2.38. The monoisotopic (exact) mass is 366 g/mol. The first kappa shape index (κ1) is 20.0. The largest absolute Gasteiger partial charge is 0.493 e. The van der Waals surface area contributed by atoms with Crippen molar-refractivity contribution in [2.45, 2.75) is 32.2 Å². The Kier molecular flexibility index (Phi) is 7.23. The first-order valence-corrected chi connectivity index (χ1v) is 8.64. The minimum absolute atomic E-state index is 0.281. The van der Waals surface area contributed by atoms with Crippen molar-refractivity contribution in [1.29, 1.82) is 0 Å². The highest BCUT2D eigenvalue weighted by atomic mass is 16.5. The number of carbonyl (C=O) groups excluding carboxylic acids is 2. The van der Waals surface area contributed by atoms with Crippen molar-refractivity contribution in [3.63, 3.8) is 0 Å². The number of hydrogen-bond acceptors (Lipinski definition) is 6. The predicted octanol–water partition coefficient (Wildman–Crippen LogP) is 1.39. The van der Waals surface area contributed by atoms with Gasteiger partial charge in [0.2, 0.25) is 0 Å². The molecule has 2 amide bonds. The molecule has 2 rings (SSSR count). The topological polar surface area (TPSA) is 97.3 Å². The molecule has 144 valence electrons. The summed E-state index contributed by atoms with van der Waals surface area (Å²) in [4.78, 5) is 25.8. The van der Waals surface area contributed by atoms with Crippen molar-refractivity contribution in [1.82, 2.24) is 10.4 Å². The number of ether oxygens (including phenoxy) is 3. The molecule has 0 aliphatic carbocycles. The van der Waals surface area contributed by atoms with Gasteiger partial charge in [-0.1, -0.05) is 0 Å². The number of amides is 2. The van der Waals surface area contributed by atoms with Crippen LogP contribution in [0.25, 0.3) is 0 Å². The van der Waals surface area contributed by atoms with Crippen LogP contribution in [-0.2, 0) is 16.0 Å². The van der Waals surface area contributed by atoms with E-state index in [1.54, 1.807) is 24.7 Å². The van der Waals surface area contributed by atoms with Crippen LogP contribution in [0.3, 0.4) is 0 Å². The third-order valence-electron chi connectivity index (χ3n) is 4.44. The van der Waals surface area contributed by atoms with Gasteiger partial charge in [-0.25, -0.2) is 5.48 Å². The van der Waals surface area contributed by atoms with Crippen LogP contribution in [0, 0.1) is 0 Å². The Balaban J connectivity index is 2.24. The molecule has 1 aromatic rings. The standard InChI is InChI=1S/C18H26N2O6/c1-4-26-9-5-6-12-10-13(11-15(24-2)16(12)25-3)18(22)20-8-7-14(20)17(21)19-23/h10-11,14,23H,4-9H2,1-3H3,(H,19,21)/t14-/m1/s1. The number of likely N-dealkylation sites (tertiary alicyclic amines) is 1. The van der Waals surface area contributed by atoms with E-state index in [4.69, 9.17) is 19.4 Å². The van der Waals surface area contributed by atoms with Gasteiger partial charge >= 0.3 is 0 Å². The molecule has 1 aliphatic rings. The number of aryl methyl sites for hydroxylation is 1. The van der Waals surface area contributed by atoms with Crippen LogP contribution < -0.4 is 15.0 Å². The van der Waals surface area contributed by atoms with Gasteiger partial charge in [-0.15, -0.1) is 0 Å². The molecule has 1 saturated heterocycles. The third kappa shape index (κ3) is 4.25. The van der Waals surface area contributed by atoms with Gasteiger partial charge in [0.05, 0.1) is 14.2 Å². The van der Waals surface area contributed by atoms with E-state index in [1.165, 1.54) is 12.0 Å². The average molecular weight is 366 g/mol. The third-order valence-corrected chi connectivity index (χ3v) is 4.44. The zero-order valence-corrected chi connectivity index (χ0v) is 15.4. The Bertz CT molecular complexity index is 649. The van der Waals surface area contributed by atoms with Crippen molar-refractivity contribution in [3.05, 3.63) is 23.3 Å². The molecule has 26 heavy (non-hydrogen) atoms. The molecule has 2 N–H and O–H groups in total. The molecule has 0 aromatic heterocycles. The second-order valence-corrected chi connectivity index (χ2v) is 5.95. The Hall–Kier alpha value is -2.32. The second kappa shape index (κ2) is 9.40. The van der Waals surface area contributed by atoms with E-state index in [-0.39, 0.29) is 5.91 Å². The molecule has 0 spiro atoms. The van der Waals surface area contributed by atoms with Gasteiger partial charge in [0.25, 0.3) is 11.8 Å². The summed E-state index contributed by atoms with van der Waals surface area (Å²) in [5.74, 6) is 0.195. The number of methoxy groups -OCH3 is 2. The van der Waals surface area contributed by atoms with Gasteiger partial charge in [-0.2, -0.15) is 0 Å². The fourth-order valence-electron chi connectivity index (χ4n) is 3.00. The number of hydroxylamine groups is 1. The molecule has 1 aliphatic heterocycles. The van der Waals surface area contributed by atoms with E-state index in [0.717, 1.165) is 12.0 Å². The number of nitrogens with zero attached hydrogens (tertiary/aromatic N) is 1. The lowest BCUT2D eigenvalue weighted by molar-refractivity contribution is -0.137. The molecular formula is C18H26N2O6. The summed E-state index contributed by atoms with van der Waals surface area (Å²) in [6.45, 7) is 3.67. The number of benzene rings is 1. The molecule has 8 heteroatoms. The maximum Gasteiger partial charge on any atom is 0.266 e. The fraction of sp³-hybridized carbons (Fsp3) is 0.556. The van der Waals surface area contributed by atoms with Crippen molar-refractivity contribution in [2.24, 2.45) is 0 Å². The van der Waals surface area contributed by atoms with E-state index >= 15 is 0 Å². The predicted molar refractivity (Wildman–Crippen MR) is 93.7 cm³/mol. The van der Waals surface area contributed by atoms with E-state index in [9.17, 15) is 9.59 Å². The Labute approximate surface area is 153 Å². The quantitative estimate of drug-likeness (QED) is 0.389. The molecule has 1 aromatic carbocycles. The van der Waals surface area contributed by atoms with Crippen molar-refractivity contribution in [3.8, 4) is 11.5 Å². The van der Waals surface area contributed by atoms with E-state index in [2.05, 4.69) is 0 Å². The van der Waals surface area contributed by atoms with Gasteiger partial charge in [0.1, 0.15) is 6.04 Å². The van der Waals surface area contributed by atoms with Gasteiger partial charge in [0, 0.05) is 25.3 Å². The van der Waals surface area contributed by atoms with Crippen LogP contribution >= 0.6 is 0 Å². The lowest BCUT2D eigenvalue weighted by atomic mass is 9.98. The van der Waals surface area contributed by atoms with E-state index in [1.807, 2.05) is 6.92 Å². The van der Waals surface area contributed by atoms with Gasteiger partial charge in [-0.3, -0.25) is 14.8 Å². The van der Waals surface area contributed by atoms with E-state index in [0.29, 0.717) is 49.7 Å². The lowest BCUT2D eigenvalue weighted by Gasteiger charge is -2.39. The Morgan fingerprint density at radius 3 is 2.62 bits per heavy atom. The highest BCUT2D eigenvalue weighted by molar-refractivity contribution is 5.99. The number of nitrogens with one attached hydrogen (secondary N) is 1. The summed E-state index contributed by atoms with van der Waals surface area (Å²) in [6, 6.07) is 2.73. The molecule has 1 heterocycles. The van der Waals surface area contributed by atoms with Crippen LogP contribution in [0.4, 0.5) is 0 Å². The lowest BCUT2D eigenvalue weighted by Crippen LogP contribution is -2.57. The van der Waals surface area contributed by atoms with Crippen LogP contribution in [-0.4, -0.2) is 61.9 Å². The molecule has 0 bridgehead atoms. The second-order valence-electron chi connectivity index (χ2n) is 5.95. The summed E-state index contributed by atoms with van der Waals surface area (Å²) >= 11 is 0. The highest BCUT2D eigenvalue weighted by Crippen LogP contribution is 2.34. The normalized spacial score (nSPS) is 16.0. The molecule has 1 fully saturated rings. The molecule has 0 radical (unpaired) electrons. The zero-order valence-electron chi connectivity index (χ0n) is 15.4. The minimum atomic E-state index is -0.651. The Morgan fingerprint density at radius 1 is 1.31 bits per heavy atom. The van der Waals surface area contributed by atoms with Crippen LogP contribution in [0.1, 0.15) is 35.7 Å². The number of hydrogen-bond donors (Lipinski definition) is 2. The molecular weight excluding hydrogens is 340 g/mol. The number of rotatable bonds is 9. The van der Waals surface area contributed by atoms with Crippen LogP contribution in [0.15, 0.2) is 12.1 Å². The summed E-state index contributed by atoms with van der Waals surface area (Å²) in [7, 11) is 3.07. The minimum Gasteiger partial charge on any atom is -0.493 e. The summed E-state index contributed by atoms with van der Waals surface area (Å²) < 4.78 is 16.2. The summed E-state index contributed by atoms with van der Waals surface area (Å²) in [5.41, 5.74) is 2.87. The SMILES string of the molecule is CCOCCCc1cc(C(=O)N2CC[C@@H]2C(=O)NO)cc(OC)c1OC. The molecule has 8 nitrogen and oxygen atoms in total. The van der Waals surface area contributed by atoms with Crippen molar-refractivity contribution < 1.29 is 29.0 Å². The first-order valence-electron chi connectivity index (χ1n) is 8.64. The molecule has 0 unspecified atom stereocenters. The van der Waals surface area contributed by atoms with Crippen molar-refractivity contribution >= 4 is 11.8 Å². The molecule has 1 atom stereocenters. The zero-order chi connectivity index (χ0) is 19.1. The van der Waals surface area contributed by atoms with Gasteiger partial charge in [0.15, 0.2) is 11.5 Å². The Morgan fingerprint density at radius 2 is 2.08 bits per heavy atom. The molecule has 0 saturated carbocycles. The van der Waals surface area contributed by atoms with Gasteiger partial charge in [-0.05, 0) is 43.9 Å². The van der Waals surface area contributed by atoms with Crippen LogP contribution in [0.5, 0.6) is 11.5 Å². The average Bonchev–Trinajstić information content (AvgIpc) is 2.63. The summed E-state index contributed by atoms with van der Waals surface area (Å²) in [6.07, 6.45) is 1.97. The van der Waals surface area contributed by atoms with Gasteiger partial charge < -0.3 is 19.1 Å². The number of carbonyl (C=O) groups is 2. The van der Waals surface area contributed by atoms with E-state index < -0.39 is 11.9 Å². The maximum atomic E-state index is 12.8. The van der Waals surface area contributed by atoms with Crippen molar-refractivity contribution in [2.75, 3.05) is 34.0 Å². The first-order chi connectivity index (χ1) is 12.6. The van der Waals surface area contributed by atoms with Crippen LogP contribution in [0.2, 0.25) is 0 Å². The summed E-state index contributed by atoms with van der Waals surface area (Å²) in [5, 5.41) is 8.79. The smallest absolute Gasteiger partial charge is 0.266 e. The fourth-order valence-corrected chi connectivity index (χ4v) is 3.00.